The number of aryl methyl sites for hydroxylation is 2. The Bertz CT molecular complexity index is 1590. The van der Waals surface area contributed by atoms with Gasteiger partial charge in [-0.1, -0.05) is 42.4 Å². The molecule has 278 valence electrons. The first kappa shape index (κ1) is 40.5. The number of hydrogen-bond acceptors (Lipinski definition) is 9. The van der Waals surface area contributed by atoms with Crippen molar-refractivity contribution in [2.45, 2.75) is 105 Å². The van der Waals surface area contributed by atoms with Crippen molar-refractivity contribution < 1.29 is 28.8 Å². The summed E-state index contributed by atoms with van der Waals surface area (Å²) in [4.78, 5) is 48.5. The Morgan fingerprint density at radius 1 is 1.02 bits per heavy atom. The molecule has 7 N–H and O–H groups in total. The van der Waals surface area contributed by atoms with Gasteiger partial charge in [0, 0.05) is 37.8 Å². The number of amides is 2. The van der Waals surface area contributed by atoms with Crippen molar-refractivity contribution in [3.63, 3.8) is 0 Å². The van der Waals surface area contributed by atoms with Crippen LogP contribution < -0.4 is 22.1 Å². The average Bonchev–Trinajstić information content (AvgIpc) is 3.50. The molecule has 0 aliphatic rings. The van der Waals surface area contributed by atoms with Crippen LogP contribution >= 0.6 is 0 Å². The summed E-state index contributed by atoms with van der Waals surface area (Å²) in [6.45, 7) is 11.8. The number of ether oxygens (including phenoxy) is 1. The Morgan fingerprint density at radius 2 is 1.71 bits per heavy atom. The Kier molecular flexibility index (Phi) is 15.4. The van der Waals surface area contributed by atoms with Gasteiger partial charge in [-0.15, -0.1) is 0 Å². The van der Waals surface area contributed by atoms with Gasteiger partial charge in [-0.2, -0.15) is 4.98 Å². The first-order valence-corrected chi connectivity index (χ1v) is 17.6. The van der Waals surface area contributed by atoms with Crippen LogP contribution in [0.15, 0.2) is 52.0 Å². The molecule has 1 aromatic heterocycles. The summed E-state index contributed by atoms with van der Waals surface area (Å²) in [5.74, 6) is -0.465. The number of hydrogen-bond donors (Lipinski definition) is 5. The Balaban J connectivity index is 1.81. The van der Waals surface area contributed by atoms with Crippen molar-refractivity contribution in [1.29, 1.82) is 0 Å². The summed E-state index contributed by atoms with van der Waals surface area (Å²) in [5.41, 5.74) is 13.8. The Labute approximate surface area is 301 Å². The van der Waals surface area contributed by atoms with E-state index in [2.05, 4.69) is 25.8 Å². The predicted octanol–water partition coefficient (Wildman–Crippen LogP) is 5.34. The molecule has 3 atom stereocenters. The molecule has 0 radical (unpaired) electrons. The van der Waals surface area contributed by atoms with Crippen LogP contribution in [0.4, 0.5) is 4.79 Å². The third kappa shape index (κ3) is 14.4. The smallest absolute Gasteiger partial charge is 0.407 e. The zero-order chi connectivity index (χ0) is 37.6. The van der Waals surface area contributed by atoms with Gasteiger partial charge >= 0.3 is 6.09 Å². The second kappa shape index (κ2) is 19.5. The number of nitrogens with two attached hydrogens (primary N) is 2. The van der Waals surface area contributed by atoms with Crippen LogP contribution in [-0.2, 0) is 27.2 Å². The molecule has 51 heavy (non-hydrogen) atoms. The third-order valence-electron chi connectivity index (χ3n) is 8.48. The highest BCUT2D eigenvalue weighted by Crippen LogP contribution is 2.27. The number of Topliss-reactive ketones (excluding diaryl/α,β-unsaturated/α-hetero) is 1. The van der Waals surface area contributed by atoms with Crippen molar-refractivity contribution in [2.24, 2.45) is 28.3 Å². The maximum Gasteiger partial charge on any atom is 0.407 e. The minimum absolute atomic E-state index is 0.00708. The SMILES string of the molecule is Cc1cc(O)cc(C)c1C[C@H](CC(=O)[C@H](C)CCCN=C(N)N)C(=O)N[C@@H](CCCCNC(=O)OC(C)(C)C)c1nc(Cc2ccccc2)no1. The lowest BCUT2D eigenvalue weighted by molar-refractivity contribution is -0.131. The van der Waals surface area contributed by atoms with Gasteiger partial charge < -0.3 is 36.5 Å². The number of aliphatic imine (C=N–C) groups is 1. The maximum absolute atomic E-state index is 14.2. The highest BCUT2D eigenvalue weighted by atomic mass is 16.6. The van der Waals surface area contributed by atoms with Crippen LogP contribution in [0.25, 0.3) is 0 Å². The molecule has 0 saturated carbocycles. The number of carbonyl (C=O) groups excluding carboxylic acids is 3. The van der Waals surface area contributed by atoms with Gasteiger partial charge in [0.15, 0.2) is 11.8 Å². The molecular weight excluding hydrogens is 650 g/mol. The molecule has 0 aliphatic carbocycles. The molecule has 0 fully saturated rings. The second-order valence-corrected chi connectivity index (χ2v) is 14.2. The van der Waals surface area contributed by atoms with Crippen LogP contribution in [0.1, 0.15) is 106 Å². The number of rotatable bonds is 19. The average molecular weight is 706 g/mol. The van der Waals surface area contributed by atoms with Gasteiger partial charge in [-0.05, 0) is 108 Å². The molecule has 3 aromatic rings. The van der Waals surface area contributed by atoms with Crippen molar-refractivity contribution in [1.82, 2.24) is 20.8 Å². The van der Waals surface area contributed by atoms with E-state index in [0.29, 0.717) is 63.9 Å². The summed E-state index contributed by atoms with van der Waals surface area (Å²) < 4.78 is 11.0. The van der Waals surface area contributed by atoms with Crippen molar-refractivity contribution in [3.05, 3.63) is 76.4 Å². The summed E-state index contributed by atoms with van der Waals surface area (Å²) >= 11 is 0. The molecule has 1 heterocycles. The van der Waals surface area contributed by atoms with E-state index in [1.165, 1.54) is 0 Å². The van der Waals surface area contributed by atoms with E-state index in [0.717, 1.165) is 22.3 Å². The topological polar surface area (TPSA) is 208 Å². The first-order chi connectivity index (χ1) is 24.1. The number of guanidine groups is 1. The van der Waals surface area contributed by atoms with Crippen LogP contribution in [0, 0.1) is 25.7 Å². The number of phenolic OH excluding ortho intramolecular Hbond substituents is 1. The maximum atomic E-state index is 14.2. The molecule has 0 aliphatic heterocycles. The molecule has 0 unspecified atom stereocenters. The highest BCUT2D eigenvalue weighted by Gasteiger charge is 2.30. The Morgan fingerprint density at radius 3 is 2.35 bits per heavy atom. The summed E-state index contributed by atoms with van der Waals surface area (Å²) in [7, 11) is 0. The van der Waals surface area contributed by atoms with Gasteiger partial charge in [0.05, 0.1) is 0 Å². The molecule has 2 aromatic carbocycles. The monoisotopic (exact) mass is 705 g/mol. The molecule has 2 amide bonds. The number of unbranched alkanes of at least 4 members (excludes halogenated alkanes) is 1. The minimum Gasteiger partial charge on any atom is -0.508 e. The van der Waals surface area contributed by atoms with Crippen LogP contribution in [0.2, 0.25) is 0 Å². The quantitative estimate of drug-likeness (QED) is 0.0614. The zero-order valence-corrected chi connectivity index (χ0v) is 30.8. The molecule has 13 nitrogen and oxygen atoms in total. The number of phenols is 1. The van der Waals surface area contributed by atoms with Gasteiger partial charge in [-0.3, -0.25) is 14.6 Å². The van der Waals surface area contributed by atoms with E-state index in [1.807, 2.05) is 51.1 Å². The van der Waals surface area contributed by atoms with E-state index in [9.17, 15) is 19.5 Å². The number of ketones is 1. The third-order valence-corrected chi connectivity index (χ3v) is 8.48. The summed E-state index contributed by atoms with van der Waals surface area (Å²) in [5, 5.41) is 20.2. The fourth-order valence-electron chi connectivity index (χ4n) is 5.79. The van der Waals surface area contributed by atoms with Crippen LogP contribution in [-0.4, -0.2) is 57.7 Å². The first-order valence-electron chi connectivity index (χ1n) is 17.6. The summed E-state index contributed by atoms with van der Waals surface area (Å²) in [6.07, 6.45) is 3.17. The predicted molar refractivity (Wildman–Crippen MR) is 196 cm³/mol. The van der Waals surface area contributed by atoms with Crippen molar-refractivity contribution in [3.8, 4) is 5.75 Å². The number of aromatic hydroxyl groups is 1. The molecule has 0 bridgehead atoms. The minimum atomic E-state index is -0.706. The normalized spacial score (nSPS) is 13.1. The second-order valence-electron chi connectivity index (χ2n) is 14.2. The fraction of sp³-hybridized carbons (Fsp3) is 0.526. The number of nitrogens with zero attached hydrogens (tertiary/aromatic N) is 3. The van der Waals surface area contributed by atoms with E-state index < -0.39 is 23.7 Å². The number of benzene rings is 2. The van der Waals surface area contributed by atoms with Crippen LogP contribution in [0.3, 0.4) is 0 Å². The molecular formula is C38H55N7O6. The lowest BCUT2D eigenvalue weighted by Gasteiger charge is -2.23. The van der Waals surface area contributed by atoms with Crippen molar-refractivity contribution >= 4 is 23.7 Å². The van der Waals surface area contributed by atoms with E-state index in [1.54, 1.807) is 32.9 Å². The largest absolute Gasteiger partial charge is 0.508 e. The highest BCUT2D eigenvalue weighted by molar-refractivity contribution is 5.88. The molecule has 3 rings (SSSR count). The van der Waals surface area contributed by atoms with E-state index >= 15 is 0 Å². The number of carbonyl (C=O) groups is 3. The van der Waals surface area contributed by atoms with Gasteiger partial charge in [-0.25, -0.2) is 4.79 Å². The van der Waals surface area contributed by atoms with Gasteiger partial charge in [0.25, 0.3) is 0 Å². The fourth-order valence-corrected chi connectivity index (χ4v) is 5.79. The van der Waals surface area contributed by atoms with E-state index in [4.69, 9.17) is 20.7 Å². The molecule has 13 heteroatoms. The number of aromatic nitrogens is 2. The van der Waals surface area contributed by atoms with Crippen molar-refractivity contribution in [2.75, 3.05) is 13.1 Å². The molecule has 0 spiro atoms. The lowest BCUT2D eigenvalue weighted by Crippen LogP contribution is -2.37. The van der Waals surface area contributed by atoms with E-state index in [-0.39, 0.29) is 41.6 Å². The number of alkyl carbamates (subject to hydrolysis) is 1. The molecule has 0 saturated heterocycles. The van der Waals surface area contributed by atoms with Gasteiger partial charge in [0.2, 0.25) is 11.8 Å². The zero-order valence-electron chi connectivity index (χ0n) is 30.8. The summed E-state index contributed by atoms with van der Waals surface area (Å²) in [6, 6.07) is 12.5. The van der Waals surface area contributed by atoms with Gasteiger partial charge in [0.1, 0.15) is 23.2 Å². The lowest BCUT2D eigenvalue weighted by atomic mass is 9.85. The van der Waals surface area contributed by atoms with Crippen LogP contribution in [0.5, 0.6) is 5.75 Å². The Hall–Kier alpha value is -4.94. The number of nitrogens with one attached hydrogen (secondary N) is 2. The standard InChI is InChI=1S/C38H55N7O6/c1-24(13-12-18-41-36(39)40)32(47)23-28(22-30-25(2)19-29(46)20-26(30)3)34(48)43-31(16-10-11-17-42-37(49)50-38(4,5)6)35-44-33(45-51-35)21-27-14-8-7-9-15-27/h7-9,14-15,19-20,24,28,31,46H,10-13,16-18,21-23H2,1-6H3,(H,42,49)(H,43,48)(H4,39,40,41)/t24-,28-,31+/m1/s1.